The van der Waals surface area contributed by atoms with Gasteiger partial charge >= 0.3 is 0 Å². The number of aromatic nitrogens is 3. The van der Waals surface area contributed by atoms with Gasteiger partial charge in [-0.2, -0.15) is 0 Å². The number of carbonyl (C=O) groups excluding carboxylic acids is 1. The molecule has 1 aliphatic rings. The summed E-state index contributed by atoms with van der Waals surface area (Å²) in [5.41, 5.74) is 2.80. The summed E-state index contributed by atoms with van der Waals surface area (Å²) in [6, 6.07) is 9.88. The van der Waals surface area contributed by atoms with E-state index in [1.807, 2.05) is 37.3 Å². The molecule has 0 radical (unpaired) electrons. The van der Waals surface area contributed by atoms with E-state index in [0.717, 1.165) is 29.7 Å². The van der Waals surface area contributed by atoms with Gasteiger partial charge in [-0.05, 0) is 19.8 Å². The van der Waals surface area contributed by atoms with Gasteiger partial charge in [-0.1, -0.05) is 35.5 Å². The molecule has 0 spiro atoms. The molecule has 1 saturated heterocycles. The number of aryl methyl sites for hydroxylation is 1. The van der Waals surface area contributed by atoms with E-state index in [1.165, 1.54) is 12.4 Å². The maximum atomic E-state index is 12.3. The fourth-order valence-electron chi connectivity index (χ4n) is 3.14. The van der Waals surface area contributed by atoms with Crippen LogP contribution in [-0.4, -0.2) is 40.3 Å². The van der Waals surface area contributed by atoms with Crippen LogP contribution in [0.2, 0.25) is 0 Å². The number of hydrogen-bond acceptors (Lipinski definition) is 7. The van der Waals surface area contributed by atoms with Gasteiger partial charge in [-0.25, -0.2) is 9.97 Å². The Hall–Kier alpha value is -3.26. The first-order valence-electron chi connectivity index (χ1n) is 9.54. The zero-order valence-corrected chi connectivity index (χ0v) is 16.1. The topological polar surface area (TPSA) is 99.4 Å². The molecule has 4 rings (SSSR count). The second-order valence-electron chi connectivity index (χ2n) is 6.82. The van der Waals surface area contributed by atoms with Crippen LogP contribution < -0.4 is 10.1 Å². The monoisotopic (exact) mass is 394 g/mol. The SMILES string of the molecule is Cc1onc(-c2ccccc2)c1COc1cnc(C(=O)NC2CCOCC2)cn1. The number of rotatable bonds is 6. The Balaban J connectivity index is 1.39. The van der Waals surface area contributed by atoms with E-state index in [0.29, 0.717) is 24.9 Å². The van der Waals surface area contributed by atoms with Gasteiger partial charge in [0.1, 0.15) is 23.8 Å². The lowest BCUT2D eigenvalue weighted by molar-refractivity contribution is 0.0694. The average Bonchev–Trinajstić information content (AvgIpc) is 3.14. The smallest absolute Gasteiger partial charge is 0.271 e. The summed E-state index contributed by atoms with van der Waals surface area (Å²) in [5, 5.41) is 7.10. The minimum atomic E-state index is -0.239. The van der Waals surface area contributed by atoms with Crippen LogP contribution in [0.4, 0.5) is 0 Å². The summed E-state index contributed by atoms with van der Waals surface area (Å²) in [4.78, 5) is 20.7. The van der Waals surface area contributed by atoms with E-state index in [-0.39, 0.29) is 24.2 Å². The first-order chi connectivity index (χ1) is 14.2. The van der Waals surface area contributed by atoms with Gasteiger partial charge in [-0.3, -0.25) is 4.79 Å². The van der Waals surface area contributed by atoms with E-state index in [4.69, 9.17) is 14.0 Å². The van der Waals surface area contributed by atoms with Gasteiger partial charge in [0.25, 0.3) is 5.91 Å². The second kappa shape index (κ2) is 8.83. The number of ether oxygens (including phenoxy) is 2. The van der Waals surface area contributed by atoms with Gasteiger partial charge in [0.2, 0.25) is 5.88 Å². The van der Waals surface area contributed by atoms with Crippen molar-refractivity contribution < 1.29 is 18.8 Å². The molecule has 1 N–H and O–H groups in total. The van der Waals surface area contributed by atoms with Crippen LogP contribution in [0.25, 0.3) is 11.3 Å². The molecule has 8 nitrogen and oxygen atoms in total. The van der Waals surface area contributed by atoms with Crippen LogP contribution in [-0.2, 0) is 11.3 Å². The molecule has 2 aromatic heterocycles. The number of amides is 1. The van der Waals surface area contributed by atoms with Crippen LogP contribution in [0.15, 0.2) is 47.2 Å². The fourth-order valence-corrected chi connectivity index (χ4v) is 3.14. The summed E-state index contributed by atoms with van der Waals surface area (Å²) < 4.78 is 16.4. The summed E-state index contributed by atoms with van der Waals surface area (Å²) >= 11 is 0. The molecule has 3 heterocycles. The van der Waals surface area contributed by atoms with Crippen molar-refractivity contribution in [3.8, 4) is 17.1 Å². The van der Waals surface area contributed by atoms with E-state index >= 15 is 0 Å². The first-order valence-corrected chi connectivity index (χ1v) is 9.54. The maximum absolute atomic E-state index is 12.3. The highest BCUT2D eigenvalue weighted by atomic mass is 16.5. The maximum Gasteiger partial charge on any atom is 0.271 e. The van der Waals surface area contributed by atoms with Crippen LogP contribution >= 0.6 is 0 Å². The van der Waals surface area contributed by atoms with Crippen LogP contribution in [0, 0.1) is 6.92 Å². The normalized spacial score (nSPS) is 14.5. The first kappa shape index (κ1) is 19.1. The highest BCUT2D eigenvalue weighted by Gasteiger charge is 2.19. The van der Waals surface area contributed by atoms with Crippen molar-refractivity contribution in [2.45, 2.75) is 32.4 Å². The summed E-state index contributed by atoms with van der Waals surface area (Å²) in [7, 11) is 0. The minimum absolute atomic E-state index is 0.113. The molecule has 8 heteroatoms. The third kappa shape index (κ3) is 4.60. The van der Waals surface area contributed by atoms with Crippen molar-refractivity contribution in [3.05, 3.63) is 59.7 Å². The molecule has 150 valence electrons. The predicted octanol–water partition coefficient (Wildman–Crippen LogP) is 2.93. The standard InChI is InChI=1S/C21H22N4O4/c1-14-17(20(25-29-14)15-5-3-2-4-6-15)13-28-19-12-22-18(11-23-19)21(26)24-16-7-9-27-10-8-16/h2-6,11-12,16H,7-10,13H2,1H3,(H,24,26). The van der Waals surface area contributed by atoms with Crippen molar-refractivity contribution in [2.75, 3.05) is 13.2 Å². The Labute approximate surface area is 168 Å². The number of nitrogens with zero attached hydrogens (tertiary/aromatic N) is 3. The molecule has 1 aliphatic heterocycles. The zero-order valence-electron chi connectivity index (χ0n) is 16.1. The van der Waals surface area contributed by atoms with Crippen LogP contribution in [0.1, 0.15) is 34.7 Å². The molecule has 1 aromatic carbocycles. The molecule has 1 fully saturated rings. The molecule has 0 aliphatic carbocycles. The minimum Gasteiger partial charge on any atom is -0.471 e. The highest BCUT2D eigenvalue weighted by Crippen LogP contribution is 2.26. The van der Waals surface area contributed by atoms with Crippen molar-refractivity contribution in [2.24, 2.45) is 0 Å². The van der Waals surface area contributed by atoms with Crippen molar-refractivity contribution in [3.63, 3.8) is 0 Å². The Kier molecular flexibility index (Phi) is 5.81. The molecule has 0 unspecified atom stereocenters. The summed E-state index contributed by atoms with van der Waals surface area (Å²) in [5.74, 6) is 0.772. The predicted molar refractivity (Wildman–Crippen MR) is 104 cm³/mol. The van der Waals surface area contributed by atoms with Crippen LogP contribution in [0.3, 0.4) is 0 Å². The quantitative estimate of drug-likeness (QED) is 0.686. The Morgan fingerprint density at radius 1 is 1.17 bits per heavy atom. The van der Waals surface area contributed by atoms with E-state index in [9.17, 15) is 4.79 Å². The molecular weight excluding hydrogens is 372 g/mol. The third-order valence-corrected chi connectivity index (χ3v) is 4.81. The molecule has 0 atom stereocenters. The molecule has 0 saturated carbocycles. The van der Waals surface area contributed by atoms with Gasteiger partial charge in [0.05, 0.1) is 18.0 Å². The lowest BCUT2D eigenvalue weighted by Crippen LogP contribution is -2.39. The van der Waals surface area contributed by atoms with Crippen molar-refractivity contribution >= 4 is 5.91 Å². The van der Waals surface area contributed by atoms with E-state index in [1.54, 1.807) is 0 Å². The Bertz CT molecular complexity index is 951. The fraction of sp³-hybridized carbons (Fsp3) is 0.333. The zero-order chi connectivity index (χ0) is 20.1. The Morgan fingerprint density at radius 2 is 1.97 bits per heavy atom. The number of nitrogens with one attached hydrogen (secondary N) is 1. The van der Waals surface area contributed by atoms with Crippen LogP contribution in [0.5, 0.6) is 5.88 Å². The molecule has 29 heavy (non-hydrogen) atoms. The molecule has 1 amide bonds. The summed E-state index contributed by atoms with van der Waals surface area (Å²) in [6.07, 6.45) is 4.48. The summed E-state index contributed by atoms with van der Waals surface area (Å²) in [6.45, 7) is 3.41. The van der Waals surface area contributed by atoms with E-state index < -0.39 is 0 Å². The molecule has 0 bridgehead atoms. The van der Waals surface area contributed by atoms with Gasteiger partial charge < -0.3 is 19.3 Å². The number of benzene rings is 1. The van der Waals surface area contributed by atoms with Gasteiger partial charge in [0.15, 0.2) is 0 Å². The van der Waals surface area contributed by atoms with Gasteiger partial charge in [-0.15, -0.1) is 0 Å². The number of hydrogen-bond donors (Lipinski definition) is 1. The molecule has 3 aromatic rings. The lowest BCUT2D eigenvalue weighted by atomic mass is 10.1. The van der Waals surface area contributed by atoms with Crippen molar-refractivity contribution in [1.82, 2.24) is 20.4 Å². The number of carbonyl (C=O) groups is 1. The largest absolute Gasteiger partial charge is 0.471 e. The van der Waals surface area contributed by atoms with E-state index in [2.05, 4.69) is 20.4 Å². The van der Waals surface area contributed by atoms with Gasteiger partial charge in [0, 0.05) is 24.8 Å². The second-order valence-corrected chi connectivity index (χ2v) is 6.82. The molecular formula is C21H22N4O4. The third-order valence-electron chi connectivity index (χ3n) is 4.81. The highest BCUT2D eigenvalue weighted by molar-refractivity contribution is 5.92. The average molecular weight is 394 g/mol. The lowest BCUT2D eigenvalue weighted by Gasteiger charge is -2.22. The Morgan fingerprint density at radius 3 is 2.69 bits per heavy atom. The van der Waals surface area contributed by atoms with Crippen molar-refractivity contribution in [1.29, 1.82) is 0 Å².